The summed E-state index contributed by atoms with van der Waals surface area (Å²) in [6.07, 6.45) is 7.04. The molecule has 4 bridgehead atoms. The van der Waals surface area contributed by atoms with Crippen molar-refractivity contribution < 1.29 is 0 Å². The predicted molar refractivity (Wildman–Crippen MR) is 286 cm³/mol. The SMILES string of the molecule is c1ccc(N(c2cccc(-c3ccc4ccccc4c3)c2)c2ccc3ccc4c(N(c5ccccc5)c5ccc6c(c5)-c5ccccc5C65C6CC7CC(C6)CC5C7)ccc5ccc2c3c54)cc1. The van der Waals surface area contributed by atoms with Crippen molar-refractivity contribution >= 4 is 77.2 Å². The van der Waals surface area contributed by atoms with Crippen LogP contribution in [0.4, 0.5) is 34.1 Å². The Balaban J connectivity index is 0.906. The monoisotopic (exact) mass is 870 g/mol. The average molecular weight is 871 g/mol. The molecule has 0 unspecified atom stereocenters. The van der Waals surface area contributed by atoms with Crippen molar-refractivity contribution in [2.75, 3.05) is 9.80 Å². The first-order chi connectivity index (χ1) is 33.7. The Morgan fingerprint density at radius 1 is 0.324 bits per heavy atom. The van der Waals surface area contributed by atoms with Crippen LogP contribution in [0.25, 0.3) is 65.3 Å². The molecule has 0 heterocycles. The molecule has 2 heteroatoms. The zero-order chi connectivity index (χ0) is 44.5. The number of anilines is 6. The van der Waals surface area contributed by atoms with Crippen LogP contribution in [-0.2, 0) is 5.41 Å². The fourth-order valence-electron chi connectivity index (χ4n) is 14.6. The van der Waals surface area contributed by atoms with Crippen LogP contribution < -0.4 is 9.80 Å². The molecule has 11 aromatic carbocycles. The number of benzene rings is 11. The molecule has 5 aliphatic carbocycles. The Hall–Kier alpha value is -7.68. The van der Waals surface area contributed by atoms with Gasteiger partial charge in [0.2, 0.25) is 0 Å². The summed E-state index contributed by atoms with van der Waals surface area (Å²) in [6, 6.07) is 82.3. The van der Waals surface area contributed by atoms with Gasteiger partial charge in [0, 0.05) is 38.9 Å². The van der Waals surface area contributed by atoms with Crippen molar-refractivity contribution in [1.82, 2.24) is 0 Å². The van der Waals surface area contributed by atoms with Gasteiger partial charge in [-0.25, -0.2) is 0 Å². The van der Waals surface area contributed by atoms with E-state index >= 15 is 0 Å². The largest absolute Gasteiger partial charge is 0.310 e. The lowest BCUT2D eigenvalue weighted by molar-refractivity contribution is -0.0399. The Labute approximate surface area is 398 Å². The van der Waals surface area contributed by atoms with Crippen molar-refractivity contribution in [2.24, 2.45) is 23.7 Å². The molecule has 0 amide bonds. The van der Waals surface area contributed by atoms with Crippen LogP contribution in [0.5, 0.6) is 0 Å². The van der Waals surface area contributed by atoms with E-state index in [1.807, 2.05) is 0 Å². The number of hydrogen-bond donors (Lipinski definition) is 0. The first-order valence-electron chi connectivity index (χ1n) is 24.9. The molecule has 2 nitrogen and oxygen atoms in total. The number of hydrogen-bond acceptors (Lipinski definition) is 2. The van der Waals surface area contributed by atoms with E-state index in [1.165, 1.54) is 115 Å². The van der Waals surface area contributed by atoms with Crippen molar-refractivity contribution in [2.45, 2.75) is 37.5 Å². The number of fused-ring (bicyclic) bond motifs is 4. The molecule has 4 fully saturated rings. The van der Waals surface area contributed by atoms with E-state index in [0.29, 0.717) is 0 Å². The van der Waals surface area contributed by atoms with Crippen molar-refractivity contribution in [1.29, 1.82) is 0 Å². The number of rotatable bonds is 7. The quantitative estimate of drug-likeness (QED) is 0.147. The summed E-state index contributed by atoms with van der Waals surface area (Å²) >= 11 is 0. The molecular formula is C66H50N2. The highest BCUT2D eigenvalue weighted by Gasteiger charge is 2.61. The molecule has 0 N–H and O–H groups in total. The lowest BCUT2D eigenvalue weighted by Gasteiger charge is -2.61. The molecule has 0 atom stereocenters. The van der Waals surface area contributed by atoms with Gasteiger partial charge in [-0.1, -0.05) is 152 Å². The van der Waals surface area contributed by atoms with E-state index < -0.39 is 0 Å². The highest BCUT2D eigenvalue weighted by Crippen LogP contribution is 2.69. The van der Waals surface area contributed by atoms with E-state index in [0.717, 1.165) is 40.7 Å². The average Bonchev–Trinajstić information content (AvgIpc) is 3.68. The van der Waals surface area contributed by atoms with Crippen LogP contribution in [0.2, 0.25) is 0 Å². The van der Waals surface area contributed by atoms with Crippen LogP contribution in [-0.4, -0.2) is 0 Å². The molecule has 5 aliphatic rings. The molecule has 4 saturated carbocycles. The first-order valence-corrected chi connectivity index (χ1v) is 24.9. The molecule has 16 rings (SSSR count). The second-order valence-corrected chi connectivity index (χ2v) is 20.5. The third-order valence-electron chi connectivity index (χ3n) is 17.1. The highest BCUT2D eigenvalue weighted by molar-refractivity contribution is 6.28. The molecule has 0 aliphatic heterocycles. The molecular weight excluding hydrogens is 821 g/mol. The van der Waals surface area contributed by atoms with E-state index in [2.05, 4.69) is 228 Å². The third-order valence-corrected chi connectivity index (χ3v) is 17.1. The van der Waals surface area contributed by atoms with Gasteiger partial charge in [0.15, 0.2) is 0 Å². The maximum Gasteiger partial charge on any atom is 0.0540 e. The molecule has 0 aromatic heterocycles. The lowest BCUT2D eigenvalue weighted by Crippen LogP contribution is -2.55. The van der Waals surface area contributed by atoms with Gasteiger partial charge in [0.05, 0.1) is 11.4 Å². The lowest BCUT2D eigenvalue weighted by atomic mass is 9.43. The van der Waals surface area contributed by atoms with Gasteiger partial charge in [-0.3, -0.25) is 0 Å². The van der Waals surface area contributed by atoms with Gasteiger partial charge >= 0.3 is 0 Å². The van der Waals surface area contributed by atoms with Crippen LogP contribution >= 0.6 is 0 Å². The van der Waals surface area contributed by atoms with Gasteiger partial charge in [0.25, 0.3) is 0 Å². The molecule has 324 valence electrons. The topological polar surface area (TPSA) is 6.48 Å². The minimum Gasteiger partial charge on any atom is -0.310 e. The standard InChI is InChI=1S/C66H50N2/c1-3-15-52(16-4-1)67(54-19-11-14-48(40-54)49-23-22-44-12-7-8-13-47(44)39-49)62-32-26-45-25-30-58-63(33-27-46-24-29-57(62)64(45)65(46)58)68(53-17-5-2-6-18-53)55-28-31-61-59(41-55)56-20-9-10-21-60(56)66(61)50-35-42-34-43(37-50)38-51(66)36-42/h1-33,39-43,50-51H,34-38H2. The van der Waals surface area contributed by atoms with E-state index in [-0.39, 0.29) is 5.41 Å². The number of para-hydroxylation sites is 2. The molecule has 11 aromatic rings. The van der Waals surface area contributed by atoms with Gasteiger partial charge in [-0.2, -0.15) is 0 Å². The Kier molecular flexibility index (Phi) is 8.28. The van der Waals surface area contributed by atoms with Crippen LogP contribution in [0.3, 0.4) is 0 Å². The minimum absolute atomic E-state index is 0.144. The number of nitrogens with zero attached hydrogens (tertiary/aromatic N) is 2. The normalized spacial score (nSPS) is 21.0. The van der Waals surface area contributed by atoms with E-state index in [4.69, 9.17) is 0 Å². The smallest absolute Gasteiger partial charge is 0.0540 e. The maximum absolute atomic E-state index is 2.57. The minimum atomic E-state index is 0.144. The van der Waals surface area contributed by atoms with Gasteiger partial charge in [0.1, 0.15) is 0 Å². The third kappa shape index (κ3) is 5.52. The zero-order valence-electron chi connectivity index (χ0n) is 38.0. The summed E-state index contributed by atoms with van der Waals surface area (Å²) in [7, 11) is 0. The summed E-state index contributed by atoms with van der Waals surface area (Å²) in [5.74, 6) is 3.33. The Morgan fingerprint density at radius 2 is 0.838 bits per heavy atom. The predicted octanol–water partition coefficient (Wildman–Crippen LogP) is 18.1. The summed E-state index contributed by atoms with van der Waals surface area (Å²) in [6.45, 7) is 0. The van der Waals surface area contributed by atoms with Crippen LogP contribution in [0.1, 0.15) is 43.2 Å². The summed E-state index contributed by atoms with van der Waals surface area (Å²) < 4.78 is 0. The zero-order valence-corrected chi connectivity index (χ0v) is 38.0. The molecule has 0 saturated heterocycles. The summed E-state index contributed by atoms with van der Waals surface area (Å²) in [5, 5.41) is 10.1. The van der Waals surface area contributed by atoms with Crippen LogP contribution in [0, 0.1) is 23.7 Å². The highest BCUT2D eigenvalue weighted by atomic mass is 15.1. The fraction of sp³-hybridized carbons (Fsp3) is 0.152. The van der Waals surface area contributed by atoms with Crippen molar-refractivity contribution in [3.8, 4) is 22.3 Å². The first kappa shape index (κ1) is 38.4. The second-order valence-electron chi connectivity index (χ2n) is 20.5. The molecule has 68 heavy (non-hydrogen) atoms. The van der Waals surface area contributed by atoms with E-state index in [9.17, 15) is 0 Å². The summed E-state index contributed by atoms with van der Waals surface area (Å²) in [4.78, 5) is 4.98. The summed E-state index contributed by atoms with van der Waals surface area (Å²) in [5.41, 5.74) is 15.6. The maximum atomic E-state index is 2.57. The Morgan fingerprint density at radius 3 is 1.50 bits per heavy atom. The van der Waals surface area contributed by atoms with E-state index in [1.54, 1.807) is 11.1 Å². The molecule has 0 radical (unpaired) electrons. The van der Waals surface area contributed by atoms with Crippen LogP contribution in [0.15, 0.2) is 218 Å². The van der Waals surface area contributed by atoms with Crippen molar-refractivity contribution in [3.05, 3.63) is 230 Å². The Bertz CT molecular complexity index is 3750. The van der Waals surface area contributed by atoms with Crippen molar-refractivity contribution in [3.63, 3.8) is 0 Å². The molecule has 1 spiro atoms. The van der Waals surface area contributed by atoms with Gasteiger partial charge < -0.3 is 9.80 Å². The van der Waals surface area contributed by atoms with Gasteiger partial charge in [-0.05, 0) is 188 Å². The van der Waals surface area contributed by atoms with Gasteiger partial charge in [-0.15, -0.1) is 0 Å². The second kappa shape index (κ2) is 14.7. The fourth-order valence-corrected chi connectivity index (χ4v) is 14.6.